The predicted molar refractivity (Wildman–Crippen MR) is 112 cm³/mol. The normalized spacial score (nSPS) is 15.3. The highest BCUT2D eigenvalue weighted by Gasteiger charge is 2.10. The van der Waals surface area contributed by atoms with Gasteiger partial charge in [-0.3, -0.25) is 9.67 Å². The minimum absolute atomic E-state index is 0.463. The van der Waals surface area contributed by atoms with Gasteiger partial charge in [0.1, 0.15) is 19.5 Å². The molecule has 152 valence electrons. The average Bonchev–Trinajstić information content (AvgIpc) is 3.15. The number of rotatable bonds is 3. The molecule has 9 heteroatoms. The maximum atomic E-state index is 5.89. The smallest absolute Gasteiger partial charge is 0.199 e. The van der Waals surface area contributed by atoms with Gasteiger partial charge in [0.2, 0.25) is 0 Å². The Kier molecular flexibility index (Phi) is 6.83. The van der Waals surface area contributed by atoms with Crippen LogP contribution in [0.25, 0.3) is 5.69 Å². The van der Waals surface area contributed by atoms with Crippen LogP contribution < -0.4 is 9.47 Å². The molecule has 0 fully saturated rings. The third-order valence-electron chi connectivity index (χ3n) is 4.16. The van der Waals surface area contributed by atoms with Gasteiger partial charge in [0.25, 0.3) is 0 Å². The molecule has 7 nitrogen and oxygen atoms in total. The van der Waals surface area contributed by atoms with E-state index in [1.807, 2.05) is 34.9 Å². The molecule has 0 unspecified atom stereocenters. The van der Waals surface area contributed by atoms with Gasteiger partial charge in [-0.25, -0.2) is 0 Å². The van der Waals surface area contributed by atoms with Gasteiger partial charge in [0, 0.05) is 15.5 Å². The van der Waals surface area contributed by atoms with Crippen LogP contribution in [0.15, 0.2) is 58.6 Å². The number of nitrogens with zero attached hydrogens (tertiary/aromatic N) is 2. The number of hydrogen-bond donors (Lipinski definition) is 1. The number of hydrogen-bond acceptors (Lipinski definition) is 7. The molecule has 4 rings (SSSR count). The Balaban J connectivity index is 1.48. The molecule has 0 bridgehead atoms. The van der Waals surface area contributed by atoms with Crippen molar-refractivity contribution < 1.29 is 18.9 Å². The van der Waals surface area contributed by atoms with E-state index in [2.05, 4.69) is 22.3 Å². The van der Waals surface area contributed by atoms with Crippen molar-refractivity contribution in [1.82, 2.24) is 14.8 Å². The van der Waals surface area contributed by atoms with Crippen molar-refractivity contribution in [2.75, 3.05) is 39.6 Å². The van der Waals surface area contributed by atoms with Crippen LogP contribution >= 0.6 is 24.0 Å². The monoisotopic (exact) mass is 431 g/mol. The van der Waals surface area contributed by atoms with Gasteiger partial charge in [0.15, 0.2) is 16.3 Å². The van der Waals surface area contributed by atoms with Crippen molar-refractivity contribution in [3.8, 4) is 17.2 Å². The largest absolute Gasteiger partial charge is 0.487 e. The summed E-state index contributed by atoms with van der Waals surface area (Å²) in [5.41, 5.74) is 0.963. The van der Waals surface area contributed by atoms with E-state index in [0.717, 1.165) is 15.5 Å². The van der Waals surface area contributed by atoms with Crippen LogP contribution in [0.5, 0.6) is 11.5 Å². The summed E-state index contributed by atoms with van der Waals surface area (Å²) in [6.07, 6.45) is 1.67. The highest BCUT2D eigenvalue weighted by molar-refractivity contribution is 7.99. The van der Waals surface area contributed by atoms with E-state index in [4.69, 9.17) is 31.2 Å². The SMILES string of the molecule is S=c1[nH]ncn1-c1ccc(Sc2ccc3c(c2)OCCOCCOCCO3)cc1. The average molecular weight is 432 g/mol. The van der Waals surface area contributed by atoms with E-state index in [9.17, 15) is 0 Å². The predicted octanol–water partition coefficient (Wildman–Crippen LogP) is 3.89. The van der Waals surface area contributed by atoms with Gasteiger partial charge in [-0.1, -0.05) is 11.8 Å². The zero-order valence-corrected chi connectivity index (χ0v) is 17.3. The van der Waals surface area contributed by atoms with Gasteiger partial charge in [-0.05, 0) is 54.7 Å². The number of fused-ring (bicyclic) bond motifs is 1. The van der Waals surface area contributed by atoms with Crippen molar-refractivity contribution in [3.05, 3.63) is 53.6 Å². The van der Waals surface area contributed by atoms with E-state index in [0.29, 0.717) is 55.9 Å². The Hall–Kier alpha value is -2.33. The first-order valence-electron chi connectivity index (χ1n) is 9.25. The first-order chi connectivity index (χ1) is 14.3. The molecule has 1 aliphatic rings. The van der Waals surface area contributed by atoms with E-state index in [-0.39, 0.29) is 0 Å². The molecule has 1 aliphatic heterocycles. The third kappa shape index (κ3) is 5.39. The molecule has 2 aromatic carbocycles. The lowest BCUT2D eigenvalue weighted by Gasteiger charge is -2.16. The highest BCUT2D eigenvalue weighted by Crippen LogP contribution is 2.36. The summed E-state index contributed by atoms with van der Waals surface area (Å²) in [6.45, 7) is 3.10. The Morgan fingerprint density at radius 1 is 0.828 bits per heavy atom. The van der Waals surface area contributed by atoms with Crippen molar-refractivity contribution in [1.29, 1.82) is 0 Å². The van der Waals surface area contributed by atoms with Crippen molar-refractivity contribution in [2.45, 2.75) is 9.79 Å². The zero-order chi connectivity index (χ0) is 19.9. The second-order valence-electron chi connectivity index (χ2n) is 6.16. The van der Waals surface area contributed by atoms with E-state index in [1.54, 1.807) is 18.1 Å². The molecule has 0 atom stereocenters. The molecule has 3 aromatic rings. The van der Waals surface area contributed by atoms with Gasteiger partial charge >= 0.3 is 0 Å². The molecular weight excluding hydrogens is 410 g/mol. The first kappa shape index (κ1) is 20.0. The van der Waals surface area contributed by atoms with E-state index < -0.39 is 0 Å². The highest BCUT2D eigenvalue weighted by atomic mass is 32.2. The minimum Gasteiger partial charge on any atom is -0.487 e. The molecule has 0 radical (unpaired) electrons. The topological polar surface area (TPSA) is 70.5 Å². The quantitative estimate of drug-likeness (QED) is 0.631. The molecule has 29 heavy (non-hydrogen) atoms. The molecule has 0 saturated carbocycles. The Morgan fingerprint density at radius 3 is 2.17 bits per heavy atom. The maximum absolute atomic E-state index is 5.89. The van der Waals surface area contributed by atoms with Crippen molar-refractivity contribution in [2.24, 2.45) is 0 Å². The minimum atomic E-state index is 0.463. The Morgan fingerprint density at radius 2 is 1.48 bits per heavy atom. The molecule has 0 amide bonds. The van der Waals surface area contributed by atoms with Crippen LogP contribution in [-0.2, 0) is 9.47 Å². The molecule has 2 heterocycles. The van der Waals surface area contributed by atoms with Crippen LogP contribution in [-0.4, -0.2) is 54.4 Å². The number of aromatic amines is 1. The number of nitrogens with one attached hydrogen (secondary N) is 1. The van der Waals surface area contributed by atoms with Gasteiger partial charge < -0.3 is 18.9 Å². The second-order valence-corrected chi connectivity index (χ2v) is 7.69. The van der Waals surface area contributed by atoms with Crippen molar-refractivity contribution >= 4 is 24.0 Å². The molecular formula is C20H21N3O4S2. The van der Waals surface area contributed by atoms with Crippen LogP contribution in [0.1, 0.15) is 0 Å². The van der Waals surface area contributed by atoms with Gasteiger partial charge in [-0.2, -0.15) is 5.10 Å². The molecule has 0 saturated heterocycles. The van der Waals surface area contributed by atoms with Crippen LogP contribution in [0, 0.1) is 4.77 Å². The molecule has 1 aromatic heterocycles. The Labute approximate surface area is 177 Å². The summed E-state index contributed by atoms with van der Waals surface area (Å²) in [7, 11) is 0. The summed E-state index contributed by atoms with van der Waals surface area (Å²) in [6, 6.07) is 14.1. The Bertz CT molecular complexity index is 988. The molecule has 1 N–H and O–H groups in total. The molecule has 0 spiro atoms. The lowest BCUT2D eigenvalue weighted by Crippen LogP contribution is -2.15. The zero-order valence-electron chi connectivity index (χ0n) is 15.7. The number of ether oxygens (including phenoxy) is 4. The third-order valence-corrected chi connectivity index (χ3v) is 5.45. The summed E-state index contributed by atoms with van der Waals surface area (Å²) in [5, 5.41) is 6.71. The number of H-pyrrole nitrogens is 1. The van der Waals surface area contributed by atoms with Crippen LogP contribution in [0.4, 0.5) is 0 Å². The summed E-state index contributed by atoms with van der Waals surface area (Å²) in [4.78, 5) is 2.17. The van der Waals surface area contributed by atoms with E-state index >= 15 is 0 Å². The number of benzene rings is 2. The van der Waals surface area contributed by atoms with Crippen LogP contribution in [0.2, 0.25) is 0 Å². The van der Waals surface area contributed by atoms with Gasteiger partial charge in [0.05, 0.1) is 26.4 Å². The van der Waals surface area contributed by atoms with Gasteiger partial charge in [-0.15, -0.1) is 0 Å². The lowest BCUT2D eigenvalue weighted by molar-refractivity contribution is 0.0223. The van der Waals surface area contributed by atoms with E-state index in [1.165, 1.54) is 0 Å². The molecule has 0 aliphatic carbocycles. The lowest BCUT2D eigenvalue weighted by atomic mass is 10.3. The summed E-state index contributed by atoms with van der Waals surface area (Å²) >= 11 is 6.86. The summed E-state index contributed by atoms with van der Waals surface area (Å²) < 4.78 is 25.0. The number of aromatic nitrogens is 3. The maximum Gasteiger partial charge on any atom is 0.199 e. The second kappa shape index (κ2) is 9.93. The fourth-order valence-electron chi connectivity index (χ4n) is 2.77. The standard InChI is InChI=1S/C20H21N3O4S2/c28-20-22-21-14-23(20)15-1-3-16(4-2-15)29-17-5-6-18-19(13-17)27-12-10-25-8-7-24-9-11-26-18/h1-6,13-14H,7-12H2,(H,22,28). The summed E-state index contributed by atoms with van der Waals surface area (Å²) in [5.74, 6) is 1.42. The fourth-order valence-corrected chi connectivity index (χ4v) is 3.82. The van der Waals surface area contributed by atoms with Crippen LogP contribution in [0.3, 0.4) is 0 Å². The van der Waals surface area contributed by atoms with Crippen molar-refractivity contribution in [3.63, 3.8) is 0 Å². The first-order valence-corrected chi connectivity index (χ1v) is 10.5. The fraction of sp³-hybridized carbons (Fsp3) is 0.300.